The highest BCUT2D eigenvalue weighted by molar-refractivity contribution is 5.94. The monoisotopic (exact) mass is 939 g/mol. The van der Waals surface area contributed by atoms with E-state index in [1.54, 1.807) is 57.7 Å². The minimum Gasteiger partial charge on any atom is -0.478 e. The normalized spacial score (nSPS) is 17.9. The maximum absolute atomic E-state index is 12.5. The summed E-state index contributed by atoms with van der Waals surface area (Å²) in [6.45, 7) is 8.49. The molecule has 4 aromatic rings. The van der Waals surface area contributed by atoms with Gasteiger partial charge in [-0.1, -0.05) is 24.3 Å². The van der Waals surface area contributed by atoms with Crippen LogP contribution < -0.4 is 9.80 Å². The summed E-state index contributed by atoms with van der Waals surface area (Å²) in [5.74, 6) is 1.03. The topological polar surface area (TPSA) is 206 Å². The Morgan fingerprint density at radius 1 is 0.667 bits per heavy atom. The number of ether oxygens (including phenoxy) is 2. The Bertz CT molecular complexity index is 2600. The number of hydrogen-bond donors (Lipinski definition) is 1. The zero-order chi connectivity index (χ0) is 49.4. The van der Waals surface area contributed by atoms with Gasteiger partial charge in [-0.05, 0) is 87.1 Å². The van der Waals surface area contributed by atoms with Crippen molar-refractivity contribution in [1.29, 1.82) is 10.5 Å². The molecule has 0 radical (unpaired) electrons. The number of benzene rings is 2. The van der Waals surface area contributed by atoms with Crippen molar-refractivity contribution in [3.63, 3.8) is 0 Å². The summed E-state index contributed by atoms with van der Waals surface area (Å²) in [5.41, 5.74) is 7.29. The highest BCUT2D eigenvalue weighted by atomic mass is 16.7. The van der Waals surface area contributed by atoms with Crippen molar-refractivity contribution in [1.82, 2.24) is 24.8 Å². The number of pyridine rings is 2. The van der Waals surface area contributed by atoms with Crippen molar-refractivity contribution in [2.24, 2.45) is 0 Å². The lowest BCUT2D eigenvalue weighted by molar-refractivity contribution is -0.135. The third-order valence-corrected chi connectivity index (χ3v) is 13.2. The second-order valence-electron chi connectivity index (χ2n) is 18.1. The van der Waals surface area contributed by atoms with Gasteiger partial charge in [0.15, 0.2) is 0 Å². The fourth-order valence-corrected chi connectivity index (χ4v) is 9.04. The van der Waals surface area contributed by atoms with Crippen LogP contribution in [0.15, 0.2) is 60.7 Å². The van der Waals surface area contributed by atoms with E-state index in [0.717, 1.165) is 59.3 Å². The minimum absolute atomic E-state index is 0.00376. The van der Waals surface area contributed by atoms with Gasteiger partial charge in [0.1, 0.15) is 23.8 Å². The van der Waals surface area contributed by atoms with E-state index in [4.69, 9.17) is 24.3 Å². The van der Waals surface area contributed by atoms with Crippen molar-refractivity contribution < 1.29 is 38.6 Å². The average molecular weight is 940 g/mol. The summed E-state index contributed by atoms with van der Waals surface area (Å²) in [6.07, 6.45) is 4.98. The van der Waals surface area contributed by atoms with E-state index in [2.05, 4.69) is 21.9 Å². The molecule has 8 rings (SSSR count). The van der Waals surface area contributed by atoms with Crippen molar-refractivity contribution in [3.8, 4) is 34.4 Å². The molecule has 2 aromatic heterocycles. The number of carboxylic acid groups (broad SMARTS) is 1. The zero-order valence-electron chi connectivity index (χ0n) is 40.3. The predicted octanol–water partition coefficient (Wildman–Crippen LogP) is 6.47. The average Bonchev–Trinajstić information content (AvgIpc) is 4.32. The number of carboxylic acids is 1. The lowest BCUT2D eigenvalue weighted by Gasteiger charge is -2.41. The summed E-state index contributed by atoms with van der Waals surface area (Å²) in [5, 5.41) is 30.3. The summed E-state index contributed by atoms with van der Waals surface area (Å²) < 4.78 is 10.1. The van der Waals surface area contributed by atoms with Gasteiger partial charge in [0.05, 0.1) is 61.2 Å². The van der Waals surface area contributed by atoms with Gasteiger partial charge < -0.3 is 34.2 Å². The molecular weight excluding hydrogens is 879 g/mol. The molecule has 362 valence electrons. The molecule has 1 N–H and O–H groups in total. The molecule has 17 nitrogen and oxygen atoms in total. The Balaban J connectivity index is 0.000000205. The van der Waals surface area contributed by atoms with Crippen molar-refractivity contribution in [3.05, 3.63) is 94.3 Å². The summed E-state index contributed by atoms with van der Waals surface area (Å²) in [6, 6.07) is 22.5. The maximum Gasteiger partial charge on any atom is 0.335 e. The maximum atomic E-state index is 12.5. The number of nitriles is 2. The Morgan fingerprint density at radius 3 is 1.41 bits per heavy atom. The molecule has 2 saturated heterocycles. The minimum atomic E-state index is -0.968. The molecule has 0 bridgehead atoms. The Kier molecular flexibility index (Phi) is 16.3. The van der Waals surface area contributed by atoms with Gasteiger partial charge >= 0.3 is 5.97 Å². The SMILES string of the molecule is COCCC(=O)N1CCN(c2nc(C3CC3)c(-c3ccc(C(=O)N(C)OC)cc3)cc2C#N)C[C@H]1C.COCCC(=O)N1CCN(c2nc(C3CC3)c(-c3ccc(C(=O)O)cc3)cc2C#N)C[C@H]1C. The van der Waals surface area contributed by atoms with E-state index in [1.807, 2.05) is 47.9 Å². The van der Waals surface area contributed by atoms with Crippen LogP contribution in [-0.4, -0.2) is 147 Å². The fraction of sp³-hybridized carbons (Fsp3) is 0.462. The first-order valence-electron chi connectivity index (χ1n) is 23.5. The van der Waals surface area contributed by atoms with Gasteiger partial charge in [-0.15, -0.1) is 0 Å². The van der Waals surface area contributed by atoms with Crippen LogP contribution in [-0.2, 0) is 23.9 Å². The van der Waals surface area contributed by atoms with Gasteiger partial charge in [-0.2, -0.15) is 10.5 Å². The quantitative estimate of drug-likeness (QED) is 0.127. The molecule has 69 heavy (non-hydrogen) atoms. The molecule has 0 spiro atoms. The molecule has 3 amide bonds. The van der Waals surface area contributed by atoms with E-state index < -0.39 is 5.97 Å². The Labute approximate surface area is 403 Å². The number of aromatic carboxylic acids is 1. The number of piperazine rings is 2. The molecule has 0 unspecified atom stereocenters. The summed E-state index contributed by atoms with van der Waals surface area (Å²) >= 11 is 0. The smallest absolute Gasteiger partial charge is 0.335 e. The Morgan fingerprint density at radius 2 is 1.07 bits per heavy atom. The zero-order valence-corrected chi connectivity index (χ0v) is 40.3. The number of aromatic nitrogens is 2. The number of methoxy groups -OCH3 is 2. The van der Waals surface area contributed by atoms with E-state index in [1.165, 1.54) is 12.2 Å². The first-order valence-corrected chi connectivity index (χ1v) is 23.5. The largest absolute Gasteiger partial charge is 0.478 e. The molecular formula is C52H61N9O8. The highest BCUT2D eigenvalue weighted by Gasteiger charge is 2.35. The van der Waals surface area contributed by atoms with E-state index in [0.29, 0.717) is 105 Å². The van der Waals surface area contributed by atoms with Crippen LogP contribution in [0.4, 0.5) is 11.6 Å². The van der Waals surface area contributed by atoms with Crippen LogP contribution in [0.3, 0.4) is 0 Å². The van der Waals surface area contributed by atoms with Crippen molar-refractivity contribution in [2.75, 3.05) is 90.7 Å². The van der Waals surface area contributed by atoms with Crippen molar-refractivity contribution >= 4 is 35.3 Å². The number of carbonyl (C=O) groups is 4. The van der Waals surface area contributed by atoms with Crippen LogP contribution in [0, 0.1) is 22.7 Å². The first-order chi connectivity index (χ1) is 33.3. The number of carbonyl (C=O) groups excluding carboxylic acids is 3. The molecule has 2 aliphatic carbocycles. The van der Waals surface area contributed by atoms with Gasteiger partial charge in [-0.3, -0.25) is 19.2 Å². The number of rotatable bonds is 15. The van der Waals surface area contributed by atoms with Gasteiger partial charge in [0.2, 0.25) is 11.8 Å². The van der Waals surface area contributed by atoms with E-state index >= 15 is 0 Å². The number of amides is 3. The lowest BCUT2D eigenvalue weighted by atomic mass is 9.98. The molecule has 17 heteroatoms. The molecule has 2 aliphatic heterocycles. The summed E-state index contributed by atoms with van der Waals surface area (Å²) in [4.78, 5) is 71.6. The van der Waals surface area contributed by atoms with Crippen LogP contribution in [0.25, 0.3) is 22.3 Å². The lowest BCUT2D eigenvalue weighted by Crippen LogP contribution is -2.54. The van der Waals surface area contributed by atoms with Crippen LogP contribution in [0.2, 0.25) is 0 Å². The van der Waals surface area contributed by atoms with Crippen molar-refractivity contribution in [2.45, 2.75) is 76.3 Å². The highest BCUT2D eigenvalue weighted by Crippen LogP contribution is 2.46. The van der Waals surface area contributed by atoms with Gasteiger partial charge in [0, 0.05) is 101 Å². The number of anilines is 2. The molecule has 2 aromatic carbocycles. The van der Waals surface area contributed by atoms with Gasteiger partial charge in [-0.25, -0.2) is 19.8 Å². The van der Waals surface area contributed by atoms with Crippen LogP contribution >= 0.6 is 0 Å². The van der Waals surface area contributed by atoms with E-state index in [9.17, 15) is 34.8 Å². The first kappa shape index (κ1) is 50.0. The summed E-state index contributed by atoms with van der Waals surface area (Å²) in [7, 11) is 6.20. The predicted molar refractivity (Wildman–Crippen MR) is 259 cm³/mol. The molecule has 4 fully saturated rings. The fourth-order valence-electron chi connectivity index (χ4n) is 9.04. The number of nitrogens with zero attached hydrogens (tertiary/aromatic N) is 9. The van der Waals surface area contributed by atoms with Gasteiger partial charge in [0.25, 0.3) is 5.91 Å². The standard InChI is InChI=1S/C27H33N5O4.C25H28N4O4/c1-18-17-31(12-13-32(18)24(33)11-14-35-3)26-22(16-28)15-23(25(29-26)20-7-8-20)19-5-9-21(10-6-19)27(34)30(2)36-4;1-16-15-28(10-11-29(16)22(30)9-12-33-2)24-20(14-26)13-21(23(27-24)18-5-6-18)17-3-7-19(8-4-17)25(31)32/h5-6,9-10,15,18,20H,7-8,11-14,17H2,1-4H3;3-4,7-8,13,16,18H,5-6,9-12,15H2,1-2H3,(H,31,32)/t18-;16-/m11/s1. The van der Waals surface area contributed by atoms with Crippen LogP contribution in [0.5, 0.6) is 0 Å². The molecule has 4 aliphatic rings. The second kappa shape index (κ2) is 22.5. The van der Waals surface area contributed by atoms with E-state index in [-0.39, 0.29) is 35.4 Å². The number of hydrogen-bond acceptors (Lipinski definition) is 13. The molecule has 2 saturated carbocycles. The molecule has 4 heterocycles. The Hall–Kier alpha value is -6.92. The molecule has 2 atom stereocenters. The number of hydroxylamine groups is 2. The third-order valence-electron chi connectivity index (χ3n) is 13.2. The van der Waals surface area contributed by atoms with Crippen LogP contribution in [0.1, 0.15) is 107 Å². The second-order valence-corrected chi connectivity index (χ2v) is 18.1. The third kappa shape index (κ3) is 11.7.